The Bertz CT molecular complexity index is 624. The number of carbonyl (C=O) groups is 1. The van der Waals surface area contributed by atoms with Crippen LogP contribution in [0.15, 0.2) is 42.5 Å². The third kappa shape index (κ3) is 4.14. The van der Waals surface area contributed by atoms with Crippen LogP contribution in [0.4, 0.5) is 10.5 Å². The van der Waals surface area contributed by atoms with Crippen LogP contribution in [0.25, 0.3) is 0 Å². The lowest BCUT2D eigenvalue weighted by atomic mass is 10.2. The molecule has 0 saturated heterocycles. The molecule has 0 saturated carbocycles. The first kappa shape index (κ1) is 14.7. The molecule has 0 aliphatic carbocycles. The maximum Gasteiger partial charge on any atom is 0.319 e. The Labute approximate surface area is 123 Å². The lowest BCUT2D eigenvalue weighted by Crippen LogP contribution is -2.28. The quantitative estimate of drug-likeness (QED) is 0.757. The van der Waals surface area contributed by atoms with Gasteiger partial charge < -0.3 is 20.5 Å². The number of carbonyl (C=O) groups excluding carboxylic acids is 1. The number of phenolic OH excluding ortho intramolecular Hbond substituents is 1. The molecule has 0 unspecified atom stereocenters. The van der Waals surface area contributed by atoms with Crippen LogP contribution >= 0.6 is 0 Å². The highest BCUT2D eigenvalue weighted by molar-refractivity contribution is 5.90. The van der Waals surface area contributed by atoms with Gasteiger partial charge in [0.25, 0.3) is 0 Å². The first-order chi connectivity index (χ1) is 10.1. The smallest absolute Gasteiger partial charge is 0.319 e. The zero-order chi connectivity index (χ0) is 15.2. The van der Waals surface area contributed by atoms with Crippen molar-refractivity contribution in [1.82, 2.24) is 5.32 Å². The van der Waals surface area contributed by atoms with Gasteiger partial charge in [-0.05, 0) is 42.3 Å². The van der Waals surface area contributed by atoms with Crippen molar-refractivity contribution in [2.75, 3.05) is 12.4 Å². The van der Waals surface area contributed by atoms with Gasteiger partial charge in [-0.2, -0.15) is 0 Å². The van der Waals surface area contributed by atoms with Gasteiger partial charge in [0.1, 0.15) is 11.5 Å². The first-order valence-corrected chi connectivity index (χ1v) is 6.56. The number of nitrogens with one attached hydrogen (secondary N) is 2. The van der Waals surface area contributed by atoms with Crippen molar-refractivity contribution in [3.63, 3.8) is 0 Å². The van der Waals surface area contributed by atoms with E-state index in [0.717, 1.165) is 16.9 Å². The highest BCUT2D eigenvalue weighted by atomic mass is 16.5. The highest BCUT2D eigenvalue weighted by Crippen LogP contribution is 2.23. The molecule has 2 aromatic rings. The maximum absolute atomic E-state index is 11.8. The molecule has 0 aliphatic heterocycles. The van der Waals surface area contributed by atoms with Gasteiger partial charge in [-0.25, -0.2) is 4.79 Å². The normalized spacial score (nSPS) is 10.0. The zero-order valence-corrected chi connectivity index (χ0v) is 12.0. The number of benzene rings is 2. The SMILES string of the molecule is COc1ccc(CNC(=O)Nc2cc(C)ccc2O)cc1. The van der Waals surface area contributed by atoms with E-state index < -0.39 is 0 Å². The monoisotopic (exact) mass is 286 g/mol. The molecule has 0 heterocycles. The summed E-state index contributed by atoms with van der Waals surface area (Å²) < 4.78 is 5.07. The number of amides is 2. The van der Waals surface area contributed by atoms with Crippen LogP contribution in [0.5, 0.6) is 11.5 Å². The molecule has 0 aliphatic rings. The van der Waals surface area contributed by atoms with Gasteiger partial charge in [0, 0.05) is 6.54 Å². The van der Waals surface area contributed by atoms with Gasteiger partial charge in [-0.3, -0.25) is 0 Å². The average Bonchev–Trinajstić information content (AvgIpc) is 2.49. The fourth-order valence-electron chi connectivity index (χ4n) is 1.84. The predicted molar refractivity (Wildman–Crippen MR) is 81.7 cm³/mol. The molecule has 0 atom stereocenters. The maximum atomic E-state index is 11.8. The molecule has 0 fully saturated rings. The molecular formula is C16H18N2O3. The second-order valence-electron chi connectivity index (χ2n) is 4.68. The molecule has 3 N–H and O–H groups in total. The van der Waals surface area contributed by atoms with Crippen molar-refractivity contribution >= 4 is 11.7 Å². The van der Waals surface area contributed by atoms with Crippen molar-refractivity contribution < 1.29 is 14.6 Å². The summed E-state index contributed by atoms with van der Waals surface area (Å²) in [5.41, 5.74) is 2.31. The molecule has 2 amide bonds. The molecule has 110 valence electrons. The third-order valence-corrected chi connectivity index (χ3v) is 3.01. The van der Waals surface area contributed by atoms with Crippen molar-refractivity contribution in [2.45, 2.75) is 13.5 Å². The van der Waals surface area contributed by atoms with Crippen LogP contribution in [0, 0.1) is 6.92 Å². The van der Waals surface area contributed by atoms with Gasteiger partial charge in [-0.1, -0.05) is 18.2 Å². The number of phenols is 1. The second-order valence-corrected chi connectivity index (χ2v) is 4.68. The van der Waals surface area contributed by atoms with E-state index in [1.54, 1.807) is 25.3 Å². The van der Waals surface area contributed by atoms with Crippen molar-refractivity contribution in [1.29, 1.82) is 0 Å². The molecule has 0 bridgehead atoms. The lowest BCUT2D eigenvalue weighted by Gasteiger charge is -2.10. The second kappa shape index (κ2) is 6.65. The van der Waals surface area contributed by atoms with Crippen molar-refractivity contribution in [3.8, 4) is 11.5 Å². The molecule has 2 rings (SSSR count). The summed E-state index contributed by atoms with van der Waals surface area (Å²) in [4.78, 5) is 11.8. The summed E-state index contributed by atoms with van der Waals surface area (Å²) >= 11 is 0. The van der Waals surface area contributed by atoms with E-state index in [2.05, 4.69) is 10.6 Å². The Balaban J connectivity index is 1.91. The molecule has 0 radical (unpaired) electrons. The third-order valence-electron chi connectivity index (χ3n) is 3.01. The molecule has 0 spiro atoms. The molecule has 5 nitrogen and oxygen atoms in total. The Morgan fingerprint density at radius 1 is 1.19 bits per heavy atom. The number of anilines is 1. The van der Waals surface area contributed by atoms with Crippen molar-refractivity contribution in [3.05, 3.63) is 53.6 Å². The Morgan fingerprint density at radius 2 is 1.90 bits per heavy atom. The number of rotatable bonds is 4. The number of hydrogen-bond acceptors (Lipinski definition) is 3. The van der Waals surface area contributed by atoms with E-state index in [9.17, 15) is 9.90 Å². The van der Waals surface area contributed by atoms with Gasteiger partial charge in [0.2, 0.25) is 0 Å². The predicted octanol–water partition coefficient (Wildman–Crippen LogP) is 3.03. The minimum absolute atomic E-state index is 0.0418. The van der Waals surface area contributed by atoms with E-state index in [-0.39, 0.29) is 11.8 Å². The van der Waals surface area contributed by atoms with Crippen LogP contribution in [-0.4, -0.2) is 18.2 Å². The average molecular weight is 286 g/mol. The van der Waals surface area contributed by atoms with Gasteiger partial charge in [-0.15, -0.1) is 0 Å². The highest BCUT2D eigenvalue weighted by Gasteiger charge is 2.06. The summed E-state index contributed by atoms with van der Waals surface area (Å²) in [6, 6.07) is 12.1. The molecular weight excluding hydrogens is 268 g/mol. The standard InChI is InChI=1S/C16H18N2O3/c1-11-3-8-15(19)14(9-11)18-16(20)17-10-12-4-6-13(21-2)7-5-12/h3-9,19H,10H2,1-2H3,(H2,17,18,20). The fourth-order valence-corrected chi connectivity index (χ4v) is 1.84. The summed E-state index contributed by atoms with van der Waals surface area (Å²) in [7, 11) is 1.61. The fraction of sp³-hybridized carbons (Fsp3) is 0.188. The van der Waals surface area contributed by atoms with E-state index in [4.69, 9.17) is 4.74 Å². The molecule has 5 heteroatoms. The van der Waals surface area contributed by atoms with E-state index in [0.29, 0.717) is 12.2 Å². The first-order valence-electron chi connectivity index (χ1n) is 6.56. The van der Waals surface area contributed by atoms with Crippen LogP contribution in [0.1, 0.15) is 11.1 Å². The molecule has 0 aromatic heterocycles. The topological polar surface area (TPSA) is 70.6 Å². The number of aryl methyl sites for hydroxylation is 1. The van der Waals surface area contributed by atoms with Crippen molar-refractivity contribution in [2.24, 2.45) is 0 Å². The number of aromatic hydroxyl groups is 1. The number of hydrogen-bond donors (Lipinski definition) is 3. The minimum Gasteiger partial charge on any atom is -0.506 e. The Hall–Kier alpha value is -2.69. The summed E-state index contributed by atoms with van der Waals surface area (Å²) in [5.74, 6) is 0.813. The van der Waals surface area contributed by atoms with Gasteiger partial charge in [0.15, 0.2) is 0 Å². The molecule has 2 aromatic carbocycles. The van der Waals surface area contributed by atoms with Gasteiger partial charge in [0.05, 0.1) is 12.8 Å². The lowest BCUT2D eigenvalue weighted by molar-refractivity contribution is 0.251. The molecule has 21 heavy (non-hydrogen) atoms. The van der Waals surface area contributed by atoms with Crippen LogP contribution in [0.2, 0.25) is 0 Å². The Kier molecular flexibility index (Phi) is 4.66. The minimum atomic E-state index is -0.369. The van der Waals surface area contributed by atoms with E-state index in [1.165, 1.54) is 0 Å². The summed E-state index contributed by atoms with van der Waals surface area (Å²) in [6.45, 7) is 2.28. The van der Waals surface area contributed by atoms with Crippen LogP contribution in [0.3, 0.4) is 0 Å². The summed E-state index contributed by atoms with van der Waals surface area (Å²) in [5, 5.41) is 15.0. The van der Waals surface area contributed by atoms with E-state index in [1.807, 2.05) is 31.2 Å². The number of methoxy groups -OCH3 is 1. The summed E-state index contributed by atoms with van der Waals surface area (Å²) in [6.07, 6.45) is 0. The number of ether oxygens (including phenoxy) is 1. The zero-order valence-electron chi connectivity index (χ0n) is 12.0. The van der Waals surface area contributed by atoms with Crippen LogP contribution in [-0.2, 0) is 6.54 Å². The largest absolute Gasteiger partial charge is 0.506 e. The van der Waals surface area contributed by atoms with E-state index >= 15 is 0 Å². The van der Waals surface area contributed by atoms with Gasteiger partial charge >= 0.3 is 6.03 Å². The Morgan fingerprint density at radius 3 is 2.57 bits per heavy atom. The number of urea groups is 1. The van der Waals surface area contributed by atoms with Crippen LogP contribution < -0.4 is 15.4 Å².